The normalized spacial score (nSPS) is 10.6. The number of nitrogens with zero attached hydrogens (tertiary/aromatic N) is 14. The van der Waals surface area contributed by atoms with Crippen molar-refractivity contribution < 1.29 is 117 Å². The highest BCUT2D eigenvalue weighted by molar-refractivity contribution is 5.86. The van der Waals surface area contributed by atoms with Gasteiger partial charge in [0, 0.05) is 129 Å². The van der Waals surface area contributed by atoms with E-state index < -0.39 is 35.3 Å². The van der Waals surface area contributed by atoms with Crippen LogP contribution in [0.3, 0.4) is 0 Å². The Balaban J connectivity index is -0.0000000153. The molecule has 0 radical (unpaired) electrons. The summed E-state index contributed by atoms with van der Waals surface area (Å²) in [5, 5.41) is 44.9. The summed E-state index contributed by atoms with van der Waals surface area (Å²) in [6, 6.07) is 0. The van der Waals surface area contributed by atoms with Gasteiger partial charge in [0.25, 0.3) is 0 Å². The lowest BCUT2D eigenvalue weighted by molar-refractivity contribution is -0.193. The van der Waals surface area contributed by atoms with Gasteiger partial charge in [0.15, 0.2) is 11.6 Å². The molecule has 2 aliphatic rings. The third kappa shape index (κ3) is 256. The molecule has 2 heterocycles. The molecular formula is C111H300N14O24. The highest BCUT2D eigenvalue weighted by atomic mass is 16.4. The average Bonchev–Trinajstić information content (AvgIpc) is 0.883. The quantitative estimate of drug-likeness (QED) is 0.0434. The van der Waals surface area contributed by atoms with Crippen LogP contribution in [0.15, 0.2) is 0 Å². The molecule has 0 aromatic rings. The Hall–Kier alpha value is -7.59. The largest absolute Gasteiger partial charge is 0.480 e. The number of Topliss-reactive ketones (excluding diaryl/α,β-unsaturated/α-hetero) is 2. The monoisotopic (exact) mass is 2210 g/mol. The lowest BCUT2D eigenvalue weighted by Gasteiger charge is -2.33. The van der Waals surface area contributed by atoms with Crippen molar-refractivity contribution in [3.63, 3.8) is 0 Å². The molecule has 0 aliphatic carbocycles. The Morgan fingerprint density at radius 2 is 0.436 bits per heavy atom. The Labute approximate surface area is 943 Å². The maximum atomic E-state index is 12.5. The molecule has 0 bridgehead atoms. The van der Waals surface area contributed by atoms with Crippen molar-refractivity contribution in [3.05, 3.63) is 0 Å². The summed E-state index contributed by atoms with van der Waals surface area (Å²) >= 11 is 0. The second kappa shape index (κ2) is 220. The fraction of sp³-hybridized carbons (Fsp3) is 0.883. The van der Waals surface area contributed by atoms with E-state index in [9.17, 15) is 38.7 Å². The predicted octanol–water partition coefficient (Wildman–Crippen LogP) is 25.7. The highest BCUT2D eigenvalue weighted by Gasteiger charge is 2.28. The molecule has 149 heavy (non-hydrogen) atoms. The van der Waals surface area contributed by atoms with E-state index in [1.165, 1.54) is 4.90 Å². The fourth-order valence-corrected chi connectivity index (χ4v) is 9.52. The molecule has 0 atom stereocenters. The second-order valence-corrected chi connectivity index (χ2v) is 27.7. The standard InChI is InChI=1S/C19H38N4O3.C17H36N4O2.C14H27N3O5.C12H27N3O2.6CO2.43CH4/c1-6-21-9-7-20(5)8-10-22(15-17(24)19(2,3)4)13-14-23(12-11-21)16-18(25)26;1-5-19-8-6-18(4)7-9-20(14-16(2)3)12-13-21(11-10-19)15-17(22)23;1-14(2,3)11(18)6-17(9-15(4)5)10-16(7-12(19)20)8-13(21)22;1-6-14(8-12(16)17)10-15(7-11(2)3)9-13(4)5;6*2-1-3;;;;;;;;;;;;;;;;;;;;;;;;;;;;;;;;;;;;;;;;;;;/h6-16H2,1-5H3,(H,25,26);16H,5-15H2,1-4H3,(H,22,23);6-10H2,1-5H3,(H,19,20)(H,21,22);11H,6-10H2,1-5H3,(H,16,17);;;;;;;43*1H4. The number of aliphatic carboxylic acids is 5. The van der Waals surface area contributed by atoms with E-state index in [0.29, 0.717) is 38.3 Å². The number of carboxylic acid groups (broad SMARTS) is 5. The van der Waals surface area contributed by atoms with Gasteiger partial charge in [-0.15, -0.1) is 0 Å². The third-order valence-corrected chi connectivity index (χ3v) is 14.7. The van der Waals surface area contributed by atoms with Crippen LogP contribution < -0.4 is 0 Å². The van der Waals surface area contributed by atoms with E-state index >= 15 is 0 Å². The molecule has 0 amide bonds. The van der Waals surface area contributed by atoms with Crippen LogP contribution in [0.1, 0.15) is 409 Å². The lowest BCUT2D eigenvalue weighted by Crippen LogP contribution is -2.48. The number of rotatable bonds is 29. The number of hydrogen-bond donors (Lipinski definition) is 5. The summed E-state index contributed by atoms with van der Waals surface area (Å²) in [7, 11) is 12.0. The topological polar surface area (TPSA) is 471 Å². The number of carboxylic acids is 5. The summed E-state index contributed by atoms with van der Waals surface area (Å²) in [6.07, 6.45) is 1.50. The number of carbonyl (C=O) groups excluding carboxylic acids is 14. The van der Waals surface area contributed by atoms with Crippen molar-refractivity contribution in [2.75, 3.05) is 252 Å². The molecule has 2 saturated heterocycles. The van der Waals surface area contributed by atoms with E-state index in [1.807, 2.05) is 91.4 Å². The minimum absolute atomic E-state index is 0. The van der Waals surface area contributed by atoms with Gasteiger partial charge in [0.2, 0.25) is 0 Å². The first-order chi connectivity index (χ1) is 49.3. The van der Waals surface area contributed by atoms with Gasteiger partial charge in [-0.05, 0) is 73.8 Å². The van der Waals surface area contributed by atoms with Crippen molar-refractivity contribution in [1.29, 1.82) is 0 Å². The van der Waals surface area contributed by atoms with Gasteiger partial charge in [-0.1, -0.05) is 409 Å². The van der Waals surface area contributed by atoms with Crippen LogP contribution in [0.25, 0.3) is 0 Å². The molecule has 2 rings (SSSR count). The zero-order valence-corrected chi connectivity index (χ0v) is 66.5. The molecule has 2 fully saturated rings. The van der Waals surface area contributed by atoms with Crippen LogP contribution in [0.4, 0.5) is 0 Å². The van der Waals surface area contributed by atoms with Gasteiger partial charge in [-0.25, -0.2) is 0 Å². The Morgan fingerprint density at radius 3 is 0.631 bits per heavy atom. The molecule has 38 nitrogen and oxygen atoms in total. The maximum Gasteiger partial charge on any atom is 0.373 e. The van der Waals surface area contributed by atoms with Crippen molar-refractivity contribution >= 4 is 78.3 Å². The number of ketones is 2. The zero-order valence-electron chi connectivity index (χ0n) is 66.5. The van der Waals surface area contributed by atoms with Crippen LogP contribution in [0.2, 0.25) is 0 Å². The Bertz CT molecular complexity index is 2440. The number of carbonyl (C=O) groups is 7. The van der Waals surface area contributed by atoms with E-state index in [-0.39, 0.29) is 419 Å². The minimum atomic E-state index is -1.10. The molecule has 2 aliphatic heterocycles. The SMILES string of the molecule is C.C.C.C.C.C.C.C.C.C.C.C.C.C.C.C.C.C.C.C.C.C.C.C.C.C.C.C.C.C.C.C.C.C.C.C.C.C.C.C.C.C.C.CCN(CC(=O)O)CN(CC(C)C)CN(C)C.CCN1CCN(C)CCN(CC(=O)C(C)(C)C)CCN(CC(=O)O)CC1.CCN1CCN(C)CCN(CC(C)C)CCN(CC(=O)O)CC1.CN(C)CN(CC(=O)C(C)(C)C)CN(CC(=O)O)CC(=O)O.O=C=O.O=C=O.O=C=O.O=C=O.O=C=O.O=C=O. The van der Waals surface area contributed by atoms with E-state index in [4.69, 9.17) is 78.0 Å². The summed E-state index contributed by atoms with van der Waals surface area (Å²) in [6.45, 7) is 48.0. The summed E-state index contributed by atoms with van der Waals surface area (Å²) in [5.41, 5.74) is -0.854. The molecule has 0 aromatic carbocycles. The number of hydrogen-bond acceptors (Lipinski definition) is 33. The van der Waals surface area contributed by atoms with Crippen LogP contribution in [0.5, 0.6) is 0 Å². The summed E-state index contributed by atoms with van der Waals surface area (Å²) in [4.78, 5) is 206. The maximum absolute atomic E-state index is 12.5. The molecule has 958 valence electrons. The van der Waals surface area contributed by atoms with Gasteiger partial charge in [0.05, 0.1) is 72.5 Å². The Morgan fingerprint density at radius 1 is 0.248 bits per heavy atom. The van der Waals surface area contributed by atoms with Gasteiger partial charge < -0.3 is 50.0 Å². The van der Waals surface area contributed by atoms with E-state index in [2.05, 4.69) is 99.7 Å². The minimum Gasteiger partial charge on any atom is -0.480 e. The van der Waals surface area contributed by atoms with Crippen molar-refractivity contribution in [2.45, 2.75) is 409 Å². The number of likely N-dealkylation sites (N-methyl/N-ethyl adjacent to an activating group) is 5. The third-order valence-electron chi connectivity index (χ3n) is 14.7. The molecule has 0 aromatic heterocycles. The summed E-state index contributed by atoms with van der Waals surface area (Å²) < 4.78 is 0. The van der Waals surface area contributed by atoms with Gasteiger partial charge in [-0.2, -0.15) is 57.5 Å². The first kappa shape index (κ1) is 341. The first-order valence-electron chi connectivity index (χ1n) is 34.3. The van der Waals surface area contributed by atoms with Gasteiger partial charge >= 0.3 is 66.8 Å². The van der Waals surface area contributed by atoms with Crippen molar-refractivity contribution in [2.24, 2.45) is 22.7 Å². The van der Waals surface area contributed by atoms with Gasteiger partial charge in [-0.3, -0.25) is 77.7 Å². The highest BCUT2D eigenvalue weighted by Crippen LogP contribution is 2.17. The molecular weight excluding hydrogens is 1910 g/mol. The van der Waals surface area contributed by atoms with Gasteiger partial charge in [0.1, 0.15) is 0 Å². The van der Waals surface area contributed by atoms with Crippen LogP contribution in [-0.2, 0) is 91.1 Å². The fourth-order valence-electron chi connectivity index (χ4n) is 9.52. The van der Waals surface area contributed by atoms with Crippen molar-refractivity contribution in [3.8, 4) is 0 Å². The molecule has 0 saturated carbocycles. The van der Waals surface area contributed by atoms with E-state index in [0.717, 1.165) is 138 Å². The Kier molecular flexibility index (Phi) is 503. The first-order valence-corrected chi connectivity index (χ1v) is 34.3. The molecule has 5 N–H and O–H groups in total. The van der Waals surface area contributed by atoms with E-state index in [1.54, 1.807) is 4.90 Å². The molecule has 38 heteroatoms. The average molecular weight is 2220 g/mol. The van der Waals surface area contributed by atoms with Crippen LogP contribution >= 0.6 is 0 Å². The molecule has 0 unspecified atom stereocenters. The molecule has 0 spiro atoms. The van der Waals surface area contributed by atoms with Crippen LogP contribution in [0, 0.1) is 22.7 Å². The lowest BCUT2D eigenvalue weighted by atomic mass is 9.90. The summed E-state index contributed by atoms with van der Waals surface area (Å²) in [5.74, 6) is -3.03. The predicted molar refractivity (Wildman–Crippen MR) is 670 cm³/mol. The second-order valence-electron chi connectivity index (χ2n) is 27.7. The smallest absolute Gasteiger partial charge is 0.373 e. The van der Waals surface area contributed by atoms with Crippen LogP contribution in [-0.4, -0.2) is 425 Å². The van der Waals surface area contributed by atoms with Crippen molar-refractivity contribution in [1.82, 2.24) is 68.6 Å². The zero-order chi connectivity index (χ0) is 84.1.